The van der Waals surface area contributed by atoms with Crippen molar-refractivity contribution in [1.29, 1.82) is 0 Å². The summed E-state index contributed by atoms with van der Waals surface area (Å²) in [4.78, 5) is 4.08. The predicted octanol–water partition coefficient (Wildman–Crippen LogP) is 3.12. The van der Waals surface area contributed by atoms with Crippen LogP contribution >= 0.6 is 11.6 Å². The van der Waals surface area contributed by atoms with Crippen LogP contribution in [-0.2, 0) is 13.2 Å². The van der Waals surface area contributed by atoms with E-state index in [9.17, 15) is 5.11 Å². The zero-order chi connectivity index (χ0) is 19.8. The summed E-state index contributed by atoms with van der Waals surface area (Å²) < 4.78 is 11.3. The van der Waals surface area contributed by atoms with Crippen LogP contribution in [0, 0.1) is 0 Å². The van der Waals surface area contributed by atoms with E-state index in [1.54, 1.807) is 19.5 Å². The van der Waals surface area contributed by atoms with Gasteiger partial charge in [0.15, 0.2) is 11.5 Å². The second-order valence-electron chi connectivity index (χ2n) is 6.41. The van der Waals surface area contributed by atoms with Crippen LogP contribution in [0.25, 0.3) is 0 Å². The number of aliphatic hydroxyl groups is 1. The van der Waals surface area contributed by atoms with Gasteiger partial charge in [0.05, 0.1) is 12.1 Å². The second-order valence-corrected chi connectivity index (χ2v) is 6.82. The maximum absolute atomic E-state index is 10.3. The first-order valence-corrected chi connectivity index (χ1v) is 9.48. The molecule has 6 heteroatoms. The molecule has 146 valence electrons. The lowest BCUT2D eigenvalue weighted by Gasteiger charge is -2.14. The van der Waals surface area contributed by atoms with Crippen molar-refractivity contribution in [2.75, 3.05) is 13.7 Å². The van der Waals surface area contributed by atoms with Gasteiger partial charge in [0.2, 0.25) is 0 Å². The van der Waals surface area contributed by atoms with Crippen LogP contribution < -0.4 is 14.8 Å². The van der Waals surface area contributed by atoms with E-state index >= 15 is 0 Å². The van der Waals surface area contributed by atoms with Gasteiger partial charge in [-0.2, -0.15) is 0 Å². The third kappa shape index (κ3) is 5.45. The maximum Gasteiger partial charge on any atom is 0.180 e. The summed E-state index contributed by atoms with van der Waals surface area (Å²) in [6.07, 6.45) is 2.96. The molecule has 0 saturated heterocycles. The first-order chi connectivity index (χ1) is 13.7. The van der Waals surface area contributed by atoms with Crippen molar-refractivity contribution < 1.29 is 19.9 Å². The lowest BCUT2D eigenvalue weighted by atomic mass is 10.1. The molecule has 0 radical (unpaired) electrons. The maximum atomic E-state index is 10.3. The number of hydrogen-bond donors (Lipinski definition) is 2. The second kappa shape index (κ2) is 10.1. The Morgan fingerprint density at radius 2 is 1.93 bits per heavy atom. The van der Waals surface area contributed by atoms with Gasteiger partial charge in [-0.1, -0.05) is 48.0 Å². The highest BCUT2D eigenvalue weighted by molar-refractivity contribution is 6.32. The minimum absolute atomic E-state index is 0.360. The average molecular weight is 400 g/mol. The summed E-state index contributed by atoms with van der Waals surface area (Å²) in [6, 6.07) is 17.2. The number of rotatable bonds is 9. The van der Waals surface area contributed by atoms with E-state index in [0.717, 1.165) is 16.7 Å². The molecule has 0 unspecified atom stereocenters. The van der Waals surface area contributed by atoms with E-state index in [1.807, 2.05) is 59.9 Å². The Labute approximate surface area is 169 Å². The van der Waals surface area contributed by atoms with Crippen LogP contribution in [0.1, 0.15) is 22.8 Å². The van der Waals surface area contributed by atoms with Crippen molar-refractivity contribution in [3.63, 3.8) is 0 Å². The summed E-state index contributed by atoms with van der Waals surface area (Å²) in [5.74, 6) is 1.10. The lowest BCUT2D eigenvalue weighted by molar-refractivity contribution is -0.677. The Balaban J connectivity index is 1.60. The van der Waals surface area contributed by atoms with Crippen LogP contribution in [0.2, 0.25) is 5.02 Å². The predicted molar refractivity (Wildman–Crippen MR) is 108 cm³/mol. The molecule has 0 saturated carbocycles. The molecule has 0 fully saturated rings. The quantitative estimate of drug-likeness (QED) is 0.580. The summed E-state index contributed by atoms with van der Waals surface area (Å²) >= 11 is 6.43. The van der Waals surface area contributed by atoms with Crippen molar-refractivity contribution in [3.05, 3.63) is 88.7 Å². The SMILES string of the molecule is COc1cc(C[NH2+]C[C@@H](O)c2ccccc2)cc(Cl)c1OCc1cccnc1. The van der Waals surface area contributed by atoms with E-state index in [0.29, 0.717) is 36.2 Å². The molecule has 28 heavy (non-hydrogen) atoms. The number of nitrogens with two attached hydrogens (primary N) is 1. The largest absolute Gasteiger partial charge is 0.493 e. The zero-order valence-electron chi connectivity index (χ0n) is 15.7. The van der Waals surface area contributed by atoms with E-state index in [4.69, 9.17) is 21.1 Å². The summed E-state index contributed by atoms with van der Waals surface area (Å²) in [5.41, 5.74) is 2.86. The molecule has 1 heterocycles. The van der Waals surface area contributed by atoms with Gasteiger partial charge in [-0.25, -0.2) is 0 Å². The summed E-state index contributed by atoms with van der Waals surface area (Å²) in [5, 5.41) is 12.8. The molecule has 0 aliphatic rings. The summed E-state index contributed by atoms with van der Waals surface area (Å²) in [7, 11) is 1.59. The molecule has 5 nitrogen and oxygen atoms in total. The average Bonchev–Trinajstić information content (AvgIpc) is 2.74. The number of aromatic nitrogens is 1. The number of aliphatic hydroxyl groups excluding tert-OH is 1. The van der Waals surface area contributed by atoms with Gasteiger partial charge in [0.25, 0.3) is 0 Å². The Bertz CT molecular complexity index is 876. The van der Waals surface area contributed by atoms with Crippen molar-refractivity contribution in [1.82, 2.24) is 4.98 Å². The standard InChI is InChI=1S/C22H23ClN2O3/c1-27-21-11-17(13-25-14-20(26)18-7-3-2-4-8-18)10-19(23)22(21)28-15-16-6-5-9-24-12-16/h2-12,20,25-26H,13-15H2,1H3/p+1/t20-/m1/s1. The highest BCUT2D eigenvalue weighted by atomic mass is 35.5. The van der Waals surface area contributed by atoms with Crippen LogP contribution in [0.3, 0.4) is 0 Å². The van der Waals surface area contributed by atoms with Crippen LogP contribution in [-0.4, -0.2) is 23.7 Å². The van der Waals surface area contributed by atoms with Gasteiger partial charge in [-0.05, 0) is 23.8 Å². The van der Waals surface area contributed by atoms with Gasteiger partial charge in [0, 0.05) is 23.5 Å². The Hall–Kier alpha value is -2.60. The minimum Gasteiger partial charge on any atom is -0.493 e. The zero-order valence-corrected chi connectivity index (χ0v) is 16.5. The smallest absolute Gasteiger partial charge is 0.180 e. The third-order valence-electron chi connectivity index (χ3n) is 4.35. The normalized spacial score (nSPS) is 11.8. The molecule has 1 atom stereocenters. The number of methoxy groups -OCH3 is 1. The van der Waals surface area contributed by atoms with Crippen molar-refractivity contribution in [2.24, 2.45) is 0 Å². The van der Waals surface area contributed by atoms with Gasteiger partial charge in [0.1, 0.15) is 25.8 Å². The Kier molecular flexibility index (Phi) is 7.25. The molecular formula is C22H24ClN2O3+. The number of benzene rings is 2. The number of pyridine rings is 1. The van der Waals surface area contributed by atoms with E-state index in [2.05, 4.69) is 4.98 Å². The first-order valence-electron chi connectivity index (χ1n) is 9.10. The van der Waals surface area contributed by atoms with Gasteiger partial charge < -0.3 is 19.9 Å². The fraction of sp³-hybridized carbons (Fsp3) is 0.227. The number of halogens is 1. The molecular weight excluding hydrogens is 376 g/mol. The topological polar surface area (TPSA) is 68.2 Å². The van der Waals surface area contributed by atoms with Crippen molar-refractivity contribution >= 4 is 11.6 Å². The van der Waals surface area contributed by atoms with Crippen LogP contribution in [0.4, 0.5) is 0 Å². The number of nitrogens with zero attached hydrogens (tertiary/aromatic N) is 1. The van der Waals surface area contributed by atoms with E-state index < -0.39 is 6.10 Å². The molecule has 3 rings (SSSR count). The first kappa shape index (κ1) is 20.1. The third-order valence-corrected chi connectivity index (χ3v) is 4.63. The number of ether oxygens (including phenoxy) is 2. The fourth-order valence-corrected chi connectivity index (χ4v) is 3.18. The lowest BCUT2D eigenvalue weighted by Crippen LogP contribution is -2.83. The minimum atomic E-state index is -0.513. The Morgan fingerprint density at radius 3 is 2.64 bits per heavy atom. The van der Waals surface area contributed by atoms with E-state index in [-0.39, 0.29) is 0 Å². The van der Waals surface area contributed by atoms with E-state index in [1.165, 1.54) is 0 Å². The molecule has 1 aromatic heterocycles. The highest BCUT2D eigenvalue weighted by Gasteiger charge is 2.14. The van der Waals surface area contributed by atoms with Gasteiger partial charge in [-0.15, -0.1) is 0 Å². The monoisotopic (exact) mass is 399 g/mol. The molecule has 3 N–H and O–H groups in total. The molecule has 2 aromatic carbocycles. The Morgan fingerprint density at radius 1 is 1.11 bits per heavy atom. The van der Waals surface area contributed by atoms with Crippen LogP contribution in [0.15, 0.2) is 67.0 Å². The van der Waals surface area contributed by atoms with Crippen LogP contribution in [0.5, 0.6) is 11.5 Å². The molecule has 0 aliphatic carbocycles. The number of hydrogen-bond acceptors (Lipinski definition) is 4. The molecule has 0 aliphatic heterocycles. The fourth-order valence-electron chi connectivity index (χ4n) is 2.89. The summed E-state index contributed by atoms with van der Waals surface area (Å²) in [6.45, 7) is 1.59. The molecule has 0 spiro atoms. The van der Waals surface area contributed by atoms with Gasteiger partial charge in [-0.3, -0.25) is 4.98 Å². The molecule has 0 bridgehead atoms. The molecule has 0 amide bonds. The highest BCUT2D eigenvalue weighted by Crippen LogP contribution is 2.36. The van der Waals surface area contributed by atoms with Crippen molar-refractivity contribution in [3.8, 4) is 11.5 Å². The van der Waals surface area contributed by atoms with Crippen molar-refractivity contribution in [2.45, 2.75) is 19.3 Å². The molecule has 3 aromatic rings. The number of quaternary nitrogens is 1. The van der Waals surface area contributed by atoms with Gasteiger partial charge >= 0.3 is 0 Å².